The fourth-order valence-electron chi connectivity index (χ4n) is 8.00. The summed E-state index contributed by atoms with van der Waals surface area (Å²) >= 11 is 0. The molecule has 0 saturated carbocycles. The summed E-state index contributed by atoms with van der Waals surface area (Å²) in [5.41, 5.74) is 8.46. The van der Waals surface area contributed by atoms with Gasteiger partial charge in [0.25, 0.3) is 0 Å². The van der Waals surface area contributed by atoms with Crippen molar-refractivity contribution in [1.29, 1.82) is 0 Å². The minimum atomic E-state index is -0.610. The van der Waals surface area contributed by atoms with Crippen LogP contribution in [0.2, 0.25) is 0 Å². The first kappa shape index (κ1) is 31.6. The molecule has 0 amide bonds. The Morgan fingerprint density at radius 1 is 0.333 bits per heavy atom. The standard InChI is InChI=1S/C50H33N3O/c1-4-19-37(20-5-1)50(38-21-6-2-7-22-38,39-23-8-3-9-24-39)40-25-14-18-35(32-40)47-51-48(36-30-31-46-44(33-36)42-27-12-13-29-45(42)54-46)53-49(52-47)43-28-15-17-34-16-10-11-26-41(34)43/h1-33H. The zero-order valence-electron chi connectivity index (χ0n) is 29.3. The van der Waals surface area contributed by atoms with Crippen molar-refractivity contribution in [2.45, 2.75) is 5.41 Å². The molecule has 2 aromatic heterocycles. The normalized spacial score (nSPS) is 11.7. The summed E-state index contributed by atoms with van der Waals surface area (Å²) in [5.74, 6) is 1.82. The van der Waals surface area contributed by atoms with Gasteiger partial charge in [-0.05, 0) is 63.4 Å². The quantitative estimate of drug-likeness (QED) is 0.156. The number of hydrogen-bond donors (Lipinski definition) is 0. The average molecular weight is 692 g/mol. The summed E-state index contributed by atoms with van der Waals surface area (Å²) < 4.78 is 6.18. The molecule has 0 aliphatic rings. The van der Waals surface area contributed by atoms with Crippen molar-refractivity contribution in [3.63, 3.8) is 0 Å². The minimum Gasteiger partial charge on any atom is -0.456 e. The molecular weight excluding hydrogens is 659 g/mol. The molecule has 0 aliphatic carbocycles. The smallest absolute Gasteiger partial charge is 0.164 e. The number of benzene rings is 8. The van der Waals surface area contributed by atoms with Crippen molar-refractivity contribution in [2.24, 2.45) is 0 Å². The van der Waals surface area contributed by atoms with Crippen LogP contribution in [0.15, 0.2) is 205 Å². The van der Waals surface area contributed by atoms with Gasteiger partial charge in [-0.3, -0.25) is 0 Å². The van der Waals surface area contributed by atoms with Gasteiger partial charge in [0, 0.05) is 27.5 Å². The minimum absolute atomic E-state index is 0.598. The molecular formula is C50H33N3O. The van der Waals surface area contributed by atoms with Crippen LogP contribution in [0.1, 0.15) is 22.3 Å². The van der Waals surface area contributed by atoms with Gasteiger partial charge in [0.05, 0.1) is 5.41 Å². The topological polar surface area (TPSA) is 51.8 Å². The molecule has 0 spiro atoms. The van der Waals surface area contributed by atoms with Gasteiger partial charge in [0.15, 0.2) is 17.5 Å². The van der Waals surface area contributed by atoms with Gasteiger partial charge in [-0.1, -0.05) is 170 Å². The van der Waals surface area contributed by atoms with Crippen molar-refractivity contribution in [1.82, 2.24) is 15.0 Å². The number of rotatable bonds is 7. The number of nitrogens with zero attached hydrogens (tertiary/aromatic N) is 3. The summed E-state index contributed by atoms with van der Waals surface area (Å²) in [7, 11) is 0. The molecule has 54 heavy (non-hydrogen) atoms. The van der Waals surface area contributed by atoms with Gasteiger partial charge in [-0.15, -0.1) is 0 Å². The second-order valence-electron chi connectivity index (χ2n) is 13.6. The van der Waals surface area contributed by atoms with E-state index in [1.807, 2.05) is 30.3 Å². The first-order chi connectivity index (χ1) is 26.8. The molecule has 0 atom stereocenters. The molecule has 10 rings (SSSR count). The Balaban J connectivity index is 1.22. The van der Waals surface area contributed by atoms with Crippen molar-refractivity contribution >= 4 is 32.7 Å². The lowest BCUT2D eigenvalue weighted by Gasteiger charge is -2.37. The molecule has 0 unspecified atom stereocenters. The summed E-state index contributed by atoms with van der Waals surface area (Å²) in [6, 6.07) is 70.0. The number of aromatic nitrogens is 3. The van der Waals surface area contributed by atoms with E-state index >= 15 is 0 Å². The van der Waals surface area contributed by atoms with Crippen LogP contribution >= 0.6 is 0 Å². The van der Waals surface area contributed by atoms with E-state index in [0.717, 1.165) is 55.0 Å². The van der Waals surface area contributed by atoms with Gasteiger partial charge >= 0.3 is 0 Å². The maximum absolute atomic E-state index is 6.18. The number of hydrogen-bond acceptors (Lipinski definition) is 4. The van der Waals surface area contributed by atoms with Crippen LogP contribution in [0.25, 0.3) is 66.9 Å². The molecule has 0 bridgehead atoms. The highest BCUT2D eigenvalue weighted by molar-refractivity contribution is 6.06. The first-order valence-electron chi connectivity index (χ1n) is 18.2. The Morgan fingerprint density at radius 2 is 0.833 bits per heavy atom. The molecule has 2 heterocycles. The van der Waals surface area contributed by atoms with E-state index < -0.39 is 5.41 Å². The van der Waals surface area contributed by atoms with E-state index in [4.69, 9.17) is 19.4 Å². The van der Waals surface area contributed by atoms with Crippen LogP contribution in [0.4, 0.5) is 0 Å². The average Bonchev–Trinajstić information content (AvgIpc) is 3.63. The number of para-hydroxylation sites is 1. The van der Waals surface area contributed by atoms with E-state index in [1.165, 1.54) is 16.7 Å². The van der Waals surface area contributed by atoms with Crippen LogP contribution in [-0.2, 0) is 5.41 Å². The Labute approximate surface area is 313 Å². The lowest BCUT2D eigenvalue weighted by molar-refractivity contribution is 0.669. The van der Waals surface area contributed by atoms with Gasteiger partial charge in [0.2, 0.25) is 0 Å². The first-order valence-corrected chi connectivity index (χ1v) is 18.2. The van der Waals surface area contributed by atoms with Crippen LogP contribution < -0.4 is 0 Å². The Bertz CT molecular complexity index is 2830. The zero-order chi connectivity index (χ0) is 35.9. The largest absolute Gasteiger partial charge is 0.456 e. The van der Waals surface area contributed by atoms with Gasteiger partial charge < -0.3 is 4.42 Å². The van der Waals surface area contributed by atoms with Gasteiger partial charge in [-0.2, -0.15) is 0 Å². The maximum atomic E-state index is 6.18. The van der Waals surface area contributed by atoms with E-state index in [2.05, 4.69) is 170 Å². The van der Waals surface area contributed by atoms with Crippen molar-refractivity contribution < 1.29 is 4.42 Å². The zero-order valence-corrected chi connectivity index (χ0v) is 29.3. The number of furan rings is 1. The molecule has 8 aromatic carbocycles. The highest BCUT2D eigenvalue weighted by Gasteiger charge is 2.38. The maximum Gasteiger partial charge on any atom is 0.164 e. The predicted octanol–water partition coefficient (Wildman–Crippen LogP) is 12.3. The van der Waals surface area contributed by atoms with E-state index in [9.17, 15) is 0 Å². The summed E-state index contributed by atoms with van der Waals surface area (Å²) in [4.78, 5) is 15.7. The van der Waals surface area contributed by atoms with Crippen LogP contribution in [0.5, 0.6) is 0 Å². The fraction of sp³-hybridized carbons (Fsp3) is 0.0200. The fourth-order valence-corrected chi connectivity index (χ4v) is 8.00. The Morgan fingerprint density at radius 3 is 1.52 bits per heavy atom. The van der Waals surface area contributed by atoms with E-state index in [-0.39, 0.29) is 0 Å². The van der Waals surface area contributed by atoms with Crippen molar-refractivity contribution in [3.8, 4) is 34.2 Å². The SMILES string of the molecule is c1ccc(C(c2ccccc2)(c2ccccc2)c2cccc(-c3nc(-c4ccc5oc6ccccc6c5c4)nc(-c4cccc5ccccc45)n3)c2)cc1. The van der Waals surface area contributed by atoms with Crippen molar-refractivity contribution in [3.05, 3.63) is 222 Å². The lowest BCUT2D eigenvalue weighted by Crippen LogP contribution is -2.31. The second kappa shape index (κ2) is 13.1. The van der Waals surface area contributed by atoms with Crippen LogP contribution in [0.3, 0.4) is 0 Å². The molecule has 0 saturated heterocycles. The van der Waals surface area contributed by atoms with Gasteiger partial charge in [0.1, 0.15) is 11.2 Å². The molecule has 254 valence electrons. The van der Waals surface area contributed by atoms with Crippen LogP contribution in [-0.4, -0.2) is 15.0 Å². The molecule has 10 aromatic rings. The second-order valence-corrected chi connectivity index (χ2v) is 13.6. The summed E-state index contributed by atoms with van der Waals surface area (Å²) in [6.07, 6.45) is 0. The summed E-state index contributed by atoms with van der Waals surface area (Å²) in [6.45, 7) is 0. The highest BCUT2D eigenvalue weighted by atomic mass is 16.3. The highest BCUT2D eigenvalue weighted by Crippen LogP contribution is 2.46. The van der Waals surface area contributed by atoms with Gasteiger partial charge in [-0.25, -0.2) is 15.0 Å². The third kappa shape index (κ3) is 5.27. The Hall–Kier alpha value is -7.17. The third-order valence-electron chi connectivity index (χ3n) is 10.5. The molecule has 0 N–H and O–H groups in total. The van der Waals surface area contributed by atoms with E-state index in [0.29, 0.717) is 17.5 Å². The number of fused-ring (bicyclic) bond motifs is 4. The molecule has 4 heteroatoms. The van der Waals surface area contributed by atoms with Crippen molar-refractivity contribution in [2.75, 3.05) is 0 Å². The molecule has 0 aliphatic heterocycles. The molecule has 4 nitrogen and oxygen atoms in total. The lowest BCUT2D eigenvalue weighted by atomic mass is 9.65. The predicted molar refractivity (Wildman–Crippen MR) is 219 cm³/mol. The summed E-state index contributed by atoms with van der Waals surface area (Å²) in [5, 5.41) is 4.30. The van der Waals surface area contributed by atoms with E-state index in [1.54, 1.807) is 0 Å². The Kier molecular flexibility index (Phi) is 7.66. The molecule has 0 fully saturated rings. The third-order valence-corrected chi connectivity index (χ3v) is 10.5. The van der Waals surface area contributed by atoms with Crippen LogP contribution in [0, 0.1) is 0 Å². The molecule has 0 radical (unpaired) electrons. The monoisotopic (exact) mass is 691 g/mol.